The molecule has 1 amide bonds. The highest BCUT2D eigenvalue weighted by atomic mass is 35.5. The van der Waals surface area contributed by atoms with Gasteiger partial charge in [0.25, 0.3) is 11.5 Å². The van der Waals surface area contributed by atoms with Gasteiger partial charge in [0, 0.05) is 41.8 Å². The van der Waals surface area contributed by atoms with Gasteiger partial charge in [-0.25, -0.2) is 14.5 Å². The molecule has 0 saturated heterocycles. The Morgan fingerprint density at radius 2 is 1.78 bits per heavy atom. The van der Waals surface area contributed by atoms with Crippen molar-refractivity contribution in [2.45, 2.75) is 45.8 Å². The van der Waals surface area contributed by atoms with Crippen molar-refractivity contribution in [1.29, 1.82) is 0 Å². The van der Waals surface area contributed by atoms with E-state index in [0.29, 0.717) is 44.9 Å². The van der Waals surface area contributed by atoms with E-state index in [2.05, 4.69) is 10.3 Å². The number of carbonyl (C=O) groups excluding carboxylic acids is 1. The van der Waals surface area contributed by atoms with Gasteiger partial charge >= 0.3 is 0 Å². The molecule has 8 nitrogen and oxygen atoms in total. The zero-order valence-electron chi connectivity index (χ0n) is 22.8. The van der Waals surface area contributed by atoms with Crippen molar-refractivity contribution in [3.05, 3.63) is 110 Å². The summed E-state index contributed by atoms with van der Waals surface area (Å²) in [6, 6.07) is 16.6. The van der Waals surface area contributed by atoms with Crippen LogP contribution < -0.4 is 10.9 Å². The Labute approximate surface area is 247 Å². The van der Waals surface area contributed by atoms with Crippen LogP contribution in [0.3, 0.4) is 0 Å². The Balaban J connectivity index is 1.36. The fourth-order valence-corrected chi connectivity index (χ4v) is 5.51. The SMILES string of the molecule is CC(C)Nc1nc2c(c(=O)n1-c1ccc(-c3ccn4ccnc4c3)cc1)C[C@@H](C)N(C(=O)c1ccc(Cl)c(Cl)c1)C2. The number of benzene rings is 2. The molecule has 0 bridgehead atoms. The lowest BCUT2D eigenvalue weighted by Crippen LogP contribution is -2.46. The number of aromatic nitrogens is 4. The molecule has 2 aromatic carbocycles. The van der Waals surface area contributed by atoms with Crippen molar-refractivity contribution >= 4 is 40.7 Å². The maximum Gasteiger partial charge on any atom is 0.263 e. The molecule has 1 aliphatic heterocycles. The summed E-state index contributed by atoms with van der Waals surface area (Å²) in [5, 5.41) is 4.04. The monoisotopic (exact) mass is 586 g/mol. The van der Waals surface area contributed by atoms with Gasteiger partial charge < -0.3 is 14.6 Å². The van der Waals surface area contributed by atoms with Crippen LogP contribution in [0, 0.1) is 0 Å². The van der Waals surface area contributed by atoms with Gasteiger partial charge in [-0.05, 0) is 80.8 Å². The molecule has 10 heteroatoms. The number of hydrogen-bond donors (Lipinski definition) is 1. The molecule has 41 heavy (non-hydrogen) atoms. The molecule has 0 unspecified atom stereocenters. The molecule has 0 aliphatic carbocycles. The molecular weight excluding hydrogens is 559 g/mol. The Morgan fingerprint density at radius 3 is 2.51 bits per heavy atom. The summed E-state index contributed by atoms with van der Waals surface area (Å²) in [6.45, 7) is 6.14. The van der Waals surface area contributed by atoms with E-state index in [1.165, 1.54) is 0 Å². The molecule has 1 N–H and O–H groups in total. The number of pyridine rings is 1. The van der Waals surface area contributed by atoms with Crippen molar-refractivity contribution in [1.82, 2.24) is 23.8 Å². The average Bonchev–Trinajstić information content (AvgIpc) is 3.42. The maximum absolute atomic E-state index is 14.0. The van der Waals surface area contributed by atoms with Crippen molar-refractivity contribution in [2.75, 3.05) is 5.32 Å². The van der Waals surface area contributed by atoms with E-state index >= 15 is 0 Å². The first-order chi connectivity index (χ1) is 19.7. The van der Waals surface area contributed by atoms with Crippen LogP contribution in [0.2, 0.25) is 10.0 Å². The Hall–Kier alpha value is -4.14. The van der Waals surface area contributed by atoms with Gasteiger partial charge in [0.05, 0.1) is 28.0 Å². The fraction of sp³-hybridized carbons (Fsp3) is 0.226. The summed E-state index contributed by atoms with van der Waals surface area (Å²) in [5.74, 6) is 0.252. The standard InChI is InChI=1S/C31H28Cl2N6O2/c1-18(2)35-31-36-27-17-38(29(40)22-6-9-25(32)26(33)15-22)19(3)14-24(27)30(41)39(31)23-7-4-20(5-8-23)21-10-12-37-13-11-34-28(37)16-21/h4-13,15-16,18-19H,14,17H2,1-3H3,(H,35,36)/t19-/m1/s1. The summed E-state index contributed by atoms with van der Waals surface area (Å²) in [6.07, 6.45) is 6.04. The van der Waals surface area contributed by atoms with Gasteiger partial charge in [-0.2, -0.15) is 0 Å². The van der Waals surface area contributed by atoms with Crippen LogP contribution in [0.4, 0.5) is 5.95 Å². The molecule has 1 aliphatic rings. The van der Waals surface area contributed by atoms with E-state index in [-0.39, 0.29) is 30.1 Å². The van der Waals surface area contributed by atoms with Gasteiger partial charge in [-0.3, -0.25) is 9.59 Å². The van der Waals surface area contributed by atoms with Crippen molar-refractivity contribution in [3.63, 3.8) is 0 Å². The van der Waals surface area contributed by atoms with E-state index in [4.69, 9.17) is 28.2 Å². The normalized spacial score (nSPS) is 14.9. The number of carbonyl (C=O) groups is 1. The molecule has 0 spiro atoms. The number of imidazole rings is 1. The van der Waals surface area contributed by atoms with Gasteiger partial charge in [-0.1, -0.05) is 35.3 Å². The molecule has 3 aromatic heterocycles. The lowest BCUT2D eigenvalue weighted by atomic mass is 9.98. The second-order valence-electron chi connectivity index (χ2n) is 10.6. The molecule has 5 aromatic rings. The Bertz CT molecular complexity index is 1840. The van der Waals surface area contributed by atoms with Crippen LogP contribution in [-0.2, 0) is 13.0 Å². The second-order valence-corrected chi connectivity index (χ2v) is 11.4. The molecule has 1 atom stereocenters. The van der Waals surface area contributed by atoms with Crippen molar-refractivity contribution < 1.29 is 4.79 Å². The topological polar surface area (TPSA) is 84.5 Å². The van der Waals surface area contributed by atoms with Gasteiger partial charge in [-0.15, -0.1) is 0 Å². The van der Waals surface area contributed by atoms with Crippen LogP contribution in [-0.4, -0.2) is 41.8 Å². The Morgan fingerprint density at radius 1 is 1.00 bits per heavy atom. The lowest BCUT2D eigenvalue weighted by molar-refractivity contribution is 0.0653. The van der Waals surface area contributed by atoms with Crippen LogP contribution in [0.1, 0.15) is 42.4 Å². The van der Waals surface area contributed by atoms with Crippen LogP contribution >= 0.6 is 23.2 Å². The minimum atomic E-state index is -0.212. The number of fused-ring (bicyclic) bond motifs is 2. The van der Waals surface area contributed by atoms with E-state index in [0.717, 1.165) is 16.8 Å². The highest BCUT2D eigenvalue weighted by molar-refractivity contribution is 6.42. The number of anilines is 1. The number of nitrogens with zero attached hydrogens (tertiary/aromatic N) is 5. The van der Waals surface area contributed by atoms with E-state index < -0.39 is 0 Å². The molecule has 6 rings (SSSR count). The van der Waals surface area contributed by atoms with Crippen LogP contribution in [0.25, 0.3) is 22.5 Å². The molecule has 0 saturated carbocycles. The summed E-state index contributed by atoms with van der Waals surface area (Å²) >= 11 is 12.2. The molecular formula is C31H28Cl2N6O2. The van der Waals surface area contributed by atoms with E-state index in [9.17, 15) is 9.59 Å². The minimum absolute atomic E-state index is 0.0307. The number of halogens is 2. The molecule has 0 radical (unpaired) electrons. The largest absolute Gasteiger partial charge is 0.353 e. The van der Waals surface area contributed by atoms with E-state index in [1.54, 1.807) is 33.9 Å². The predicted molar refractivity (Wildman–Crippen MR) is 162 cm³/mol. The number of amides is 1. The number of hydrogen-bond acceptors (Lipinski definition) is 5. The first-order valence-corrected chi connectivity index (χ1v) is 14.2. The van der Waals surface area contributed by atoms with Crippen molar-refractivity contribution in [2.24, 2.45) is 0 Å². The second kappa shape index (κ2) is 10.7. The number of rotatable bonds is 5. The van der Waals surface area contributed by atoms with Gasteiger partial charge in [0.1, 0.15) is 5.65 Å². The van der Waals surface area contributed by atoms with Gasteiger partial charge in [0.15, 0.2) is 0 Å². The first-order valence-electron chi connectivity index (χ1n) is 13.4. The van der Waals surface area contributed by atoms with Gasteiger partial charge in [0.2, 0.25) is 5.95 Å². The summed E-state index contributed by atoms with van der Waals surface area (Å²) in [4.78, 5) is 38.4. The smallest absolute Gasteiger partial charge is 0.263 e. The fourth-order valence-electron chi connectivity index (χ4n) is 5.21. The average molecular weight is 588 g/mol. The highest BCUT2D eigenvalue weighted by Crippen LogP contribution is 2.28. The Kier molecular flexibility index (Phi) is 7.05. The quantitative estimate of drug-likeness (QED) is 0.263. The zero-order valence-corrected chi connectivity index (χ0v) is 24.3. The van der Waals surface area contributed by atoms with Crippen LogP contribution in [0.5, 0.6) is 0 Å². The third kappa shape index (κ3) is 5.09. The minimum Gasteiger partial charge on any atom is -0.353 e. The molecule has 0 fully saturated rings. The summed E-state index contributed by atoms with van der Waals surface area (Å²) in [7, 11) is 0. The first kappa shape index (κ1) is 27.1. The zero-order chi connectivity index (χ0) is 28.8. The molecule has 208 valence electrons. The number of nitrogens with one attached hydrogen (secondary N) is 1. The highest BCUT2D eigenvalue weighted by Gasteiger charge is 2.32. The summed E-state index contributed by atoms with van der Waals surface area (Å²) < 4.78 is 3.59. The lowest BCUT2D eigenvalue weighted by Gasteiger charge is -2.34. The third-order valence-corrected chi connectivity index (χ3v) is 8.05. The predicted octanol–water partition coefficient (Wildman–Crippen LogP) is 6.26. The molecule has 4 heterocycles. The van der Waals surface area contributed by atoms with E-state index in [1.807, 2.05) is 74.0 Å². The third-order valence-electron chi connectivity index (χ3n) is 7.32. The maximum atomic E-state index is 14.0. The summed E-state index contributed by atoms with van der Waals surface area (Å²) in [5.41, 5.74) is 5.12. The van der Waals surface area contributed by atoms with Crippen LogP contribution in [0.15, 0.2) is 78.0 Å². The van der Waals surface area contributed by atoms with Crippen molar-refractivity contribution in [3.8, 4) is 16.8 Å².